The first kappa shape index (κ1) is 20.4. The van der Waals surface area contributed by atoms with Crippen molar-refractivity contribution in [3.63, 3.8) is 0 Å². The van der Waals surface area contributed by atoms with Crippen LogP contribution in [-0.2, 0) is 0 Å². The first-order valence-corrected chi connectivity index (χ1v) is 10.4. The number of hydrogen-bond donors (Lipinski definition) is 2. The summed E-state index contributed by atoms with van der Waals surface area (Å²) in [6.07, 6.45) is 3.69. The van der Waals surface area contributed by atoms with Crippen LogP contribution in [0.5, 0.6) is 0 Å². The Labute approximate surface area is 177 Å². The molecule has 0 saturated carbocycles. The monoisotopic (exact) mass is 406 g/mol. The summed E-state index contributed by atoms with van der Waals surface area (Å²) < 4.78 is 5.76. The fraction of sp³-hybridized carbons (Fsp3) is 0.375. The Morgan fingerprint density at radius 3 is 2.63 bits per heavy atom. The summed E-state index contributed by atoms with van der Waals surface area (Å²) in [5.41, 5.74) is 6.02. The number of aliphatic hydroxyl groups is 1. The van der Waals surface area contributed by atoms with Crippen LogP contribution in [0.3, 0.4) is 0 Å². The second-order valence-electron chi connectivity index (χ2n) is 8.30. The number of benzene rings is 2. The number of nitrogens with one attached hydrogen (secondary N) is 1. The van der Waals surface area contributed by atoms with Crippen LogP contribution in [0.1, 0.15) is 23.4 Å². The molecule has 0 bridgehead atoms. The van der Waals surface area contributed by atoms with Crippen molar-refractivity contribution in [3.8, 4) is 0 Å². The van der Waals surface area contributed by atoms with Crippen molar-refractivity contribution in [2.75, 3.05) is 37.4 Å². The zero-order valence-corrected chi connectivity index (χ0v) is 18.1. The van der Waals surface area contributed by atoms with Gasteiger partial charge in [-0.25, -0.2) is 4.98 Å². The minimum absolute atomic E-state index is 0.482. The number of aromatic nitrogens is 1. The summed E-state index contributed by atoms with van der Waals surface area (Å²) in [5.74, 6) is 0.482. The third-order valence-corrected chi connectivity index (χ3v) is 5.88. The number of aliphatic hydroxyl groups excluding tert-OH is 1. The van der Waals surface area contributed by atoms with E-state index in [4.69, 9.17) is 4.42 Å². The molecule has 1 aliphatic heterocycles. The summed E-state index contributed by atoms with van der Waals surface area (Å²) in [6, 6.07) is 12.8. The molecule has 1 aliphatic rings. The average Bonchev–Trinajstić information content (AvgIpc) is 3.35. The highest BCUT2D eigenvalue weighted by molar-refractivity contribution is 5.76. The van der Waals surface area contributed by atoms with E-state index >= 15 is 0 Å². The maximum Gasteiger partial charge on any atom is 0.219 e. The lowest BCUT2D eigenvalue weighted by atomic mass is 10.1. The van der Waals surface area contributed by atoms with Crippen molar-refractivity contribution < 1.29 is 9.52 Å². The van der Waals surface area contributed by atoms with Crippen LogP contribution in [-0.4, -0.2) is 54.4 Å². The highest BCUT2D eigenvalue weighted by atomic mass is 16.3. The van der Waals surface area contributed by atoms with E-state index in [1.54, 1.807) is 12.2 Å². The molecule has 4 rings (SSSR count). The van der Waals surface area contributed by atoms with Gasteiger partial charge in [-0.3, -0.25) is 0 Å². The average molecular weight is 407 g/mol. The predicted molar refractivity (Wildman–Crippen MR) is 123 cm³/mol. The van der Waals surface area contributed by atoms with Crippen LogP contribution < -0.4 is 10.2 Å². The minimum atomic E-state index is -0.834. The lowest BCUT2D eigenvalue weighted by Crippen LogP contribution is -2.31. The largest absolute Gasteiger partial charge is 0.437 e. The molecule has 0 aliphatic carbocycles. The molecular weight excluding hydrogens is 376 g/mol. The smallest absolute Gasteiger partial charge is 0.219 e. The number of nitrogens with zero attached hydrogens (tertiary/aromatic N) is 3. The Morgan fingerprint density at radius 1 is 1.20 bits per heavy atom. The van der Waals surface area contributed by atoms with Crippen LogP contribution in [0.25, 0.3) is 17.2 Å². The van der Waals surface area contributed by atoms with Crippen molar-refractivity contribution in [3.05, 3.63) is 59.5 Å². The van der Waals surface area contributed by atoms with Crippen LogP contribution >= 0.6 is 0 Å². The van der Waals surface area contributed by atoms with Crippen molar-refractivity contribution >= 4 is 28.6 Å². The first-order chi connectivity index (χ1) is 14.4. The van der Waals surface area contributed by atoms with Gasteiger partial charge in [-0.1, -0.05) is 0 Å². The first-order valence-electron chi connectivity index (χ1n) is 10.4. The molecule has 30 heavy (non-hydrogen) atoms. The van der Waals surface area contributed by atoms with Gasteiger partial charge in [0.1, 0.15) is 11.7 Å². The molecular formula is C24H30N4O2. The fourth-order valence-electron chi connectivity index (χ4n) is 3.83. The van der Waals surface area contributed by atoms with Crippen molar-refractivity contribution in [2.45, 2.75) is 32.5 Å². The molecule has 1 aromatic heterocycles. The predicted octanol–water partition coefficient (Wildman–Crippen LogP) is 4.03. The van der Waals surface area contributed by atoms with Gasteiger partial charge < -0.3 is 24.6 Å². The van der Waals surface area contributed by atoms with Crippen molar-refractivity contribution in [2.24, 2.45) is 0 Å². The second-order valence-corrected chi connectivity index (χ2v) is 8.30. The number of anilines is 2. The number of rotatable bonds is 6. The van der Waals surface area contributed by atoms with E-state index < -0.39 is 6.23 Å². The van der Waals surface area contributed by atoms with E-state index in [-0.39, 0.29) is 0 Å². The molecule has 2 N–H and O–H groups in total. The molecule has 0 radical (unpaired) electrons. The van der Waals surface area contributed by atoms with Gasteiger partial charge in [0.2, 0.25) is 5.89 Å². The van der Waals surface area contributed by atoms with Crippen LogP contribution in [0, 0.1) is 13.8 Å². The Bertz CT molecular complexity index is 1000. The van der Waals surface area contributed by atoms with Gasteiger partial charge in [-0.05, 0) is 88.0 Å². The van der Waals surface area contributed by atoms with Gasteiger partial charge in [0, 0.05) is 36.6 Å². The highest BCUT2D eigenvalue weighted by Crippen LogP contribution is 2.24. The van der Waals surface area contributed by atoms with E-state index in [9.17, 15) is 5.11 Å². The molecule has 1 saturated heterocycles. The van der Waals surface area contributed by atoms with Gasteiger partial charge >= 0.3 is 0 Å². The Morgan fingerprint density at radius 2 is 1.93 bits per heavy atom. The van der Waals surface area contributed by atoms with Crippen molar-refractivity contribution in [1.29, 1.82) is 0 Å². The number of aryl methyl sites for hydroxylation is 2. The Kier molecular flexibility index (Phi) is 5.79. The van der Waals surface area contributed by atoms with E-state index in [2.05, 4.69) is 60.2 Å². The zero-order chi connectivity index (χ0) is 21.3. The highest BCUT2D eigenvalue weighted by Gasteiger charge is 2.23. The van der Waals surface area contributed by atoms with Crippen molar-refractivity contribution in [1.82, 2.24) is 9.88 Å². The molecule has 2 atom stereocenters. The Balaban J connectivity index is 1.36. The third kappa shape index (κ3) is 4.50. The zero-order valence-electron chi connectivity index (χ0n) is 18.1. The molecule has 3 aromatic rings. The third-order valence-electron chi connectivity index (χ3n) is 5.88. The van der Waals surface area contributed by atoms with Crippen LogP contribution in [0.2, 0.25) is 0 Å². The maximum absolute atomic E-state index is 10.3. The van der Waals surface area contributed by atoms with E-state index in [0.29, 0.717) is 11.9 Å². The molecule has 158 valence electrons. The maximum atomic E-state index is 10.3. The molecule has 2 heterocycles. The summed E-state index contributed by atoms with van der Waals surface area (Å²) >= 11 is 0. The van der Waals surface area contributed by atoms with Gasteiger partial charge in [0.05, 0.1) is 0 Å². The van der Waals surface area contributed by atoms with Gasteiger partial charge in [-0.2, -0.15) is 0 Å². The van der Waals surface area contributed by atoms with E-state index in [1.807, 2.05) is 24.3 Å². The topological polar surface area (TPSA) is 64.8 Å². The molecule has 0 amide bonds. The second kappa shape index (κ2) is 8.50. The standard InChI is InChI=1S/C24H30N4O2/c1-16-13-21-22(14-17(16)2)30-24(26-21)10-9-23(29)25-18-5-7-19(8-6-18)28-12-11-20(15-28)27(3)4/h5-10,13-14,20,23,25,29H,11-12,15H2,1-4H3/b10-9+. The Hall–Kier alpha value is -2.83. The molecule has 1 fully saturated rings. The summed E-state index contributed by atoms with van der Waals surface area (Å²) in [7, 11) is 4.28. The van der Waals surface area contributed by atoms with Gasteiger partial charge in [0.25, 0.3) is 0 Å². The normalized spacial score (nSPS) is 18.1. The molecule has 6 nitrogen and oxygen atoms in total. The summed E-state index contributed by atoms with van der Waals surface area (Å²) in [5, 5.41) is 13.4. The van der Waals surface area contributed by atoms with E-state index in [0.717, 1.165) is 29.9 Å². The quantitative estimate of drug-likeness (QED) is 0.603. The van der Waals surface area contributed by atoms with Crippen LogP contribution in [0.4, 0.5) is 11.4 Å². The summed E-state index contributed by atoms with van der Waals surface area (Å²) in [4.78, 5) is 9.16. The lowest BCUT2D eigenvalue weighted by Gasteiger charge is -2.22. The fourth-order valence-corrected chi connectivity index (χ4v) is 3.83. The molecule has 2 aromatic carbocycles. The molecule has 2 unspecified atom stereocenters. The molecule has 0 spiro atoms. The number of fused-ring (bicyclic) bond motifs is 1. The summed E-state index contributed by atoms with van der Waals surface area (Å²) in [6.45, 7) is 6.23. The van der Waals surface area contributed by atoms with Crippen LogP contribution in [0.15, 0.2) is 46.9 Å². The number of hydrogen-bond acceptors (Lipinski definition) is 6. The molecule has 6 heteroatoms. The van der Waals surface area contributed by atoms with E-state index in [1.165, 1.54) is 23.2 Å². The van der Waals surface area contributed by atoms with Gasteiger partial charge in [0.15, 0.2) is 5.58 Å². The minimum Gasteiger partial charge on any atom is -0.437 e. The van der Waals surface area contributed by atoms with Gasteiger partial charge in [-0.15, -0.1) is 0 Å². The number of likely N-dealkylation sites (N-methyl/N-ethyl adjacent to an activating group) is 1. The lowest BCUT2D eigenvalue weighted by molar-refractivity contribution is 0.253. The SMILES string of the molecule is Cc1cc2nc(/C=C/C(O)Nc3ccc(N4CCC(N(C)C)C4)cc3)oc2cc1C. The number of oxazole rings is 1.